The minimum atomic E-state index is -3.59. The Bertz CT molecular complexity index is 1320. The monoisotopic (exact) mass is 481 g/mol. The molecule has 0 bridgehead atoms. The van der Waals surface area contributed by atoms with Crippen molar-refractivity contribution >= 4 is 26.7 Å². The zero-order chi connectivity index (χ0) is 23.7. The van der Waals surface area contributed by atoms with Crippen LogP contribution in [0.4, 0.5) is 0 Å². The lowest BCUT2D eigenvalue weighted by atomic mass is 10.1. The van der Waals surface area contributed by atoms with E-state index in [1.54, 1.807) is 12.1 Å². The number of sulfonamides is 1. The first-order valence-electron chi connectivity index (χ1n) is 11.3. The average molecular weight is 482 g/mol. The van der Waals surface area contributed by atoms with Crippen LogP contribution in [0.1, 0.15) is 12.5 Å². The van der Waals surface area contributed by atoms with Gasteiger partial charge in [0.2, 0.25) is 22.7 Å². The van der Waals surface area contributed by atoms with Gasteiger partial charge >= 0.3 is 0 Å². The summed E-state index contributed by atoms with van der Waals surface area (Å²) in [4.78, 5) is 15.0. The molecule has 1 amide bonds. The Morgan fingerprint density at radius 3 is 2.47 bits per heavy atom. The molecule has 5 rings (SSSR count). The van der Waals surface area contributed by atoms with Crippen molar-refractivity contribution in [2.75, 3.05) is 33.0 Å². The molecule has 0 unspecified atom stereocenters. The fourth-order valence-corrected chi connectivity index (χ4v) is 5.82. The van der Waals surface area contributed by atoms with E-state index in [1.807, 2.05) is 60.4 Å². The van der Waals surface area contributed by atoms with E-state index in [1.165, 1.54) is 4.31 Å². The van der Waals surface area contributed by atoms with Crippen LogP contribution in [0.5, 0.6) is 11.5 Å². The van der Waals surface area contributed by atoms with E-state index >= 15 is 0 Å². The first kappa shape index (κ1) is 22.6. The van der Waals surface area contributed by atoms with Gasteiger partial charge in [0.05, 0.1) is 10.9 Å². The number of amides is 1. The molecule has 1 N–H and O–H groups in total. The number of hydrogen-bond donors (Lipinski definition) is 1. The van der Waals surface area contributed by atoms with Gasteiger partial charge in [-0.05, 0) is 47.5 Å². The molecule has 0 aliphatic carbocycles. The number of piperazine rings is 1. The summed E-state index contributed by atoms with van der Waals surface area (Å²) in [6.45, 7) is 4.12. The number of rotatable bonds is 6. The Morgan fingerprint density at radius 2 is 1.68 bits per heavy atom. The number of nitrogens with one attached hydrogen (secondary N) is 1. The smallest absolute Gasteiger partial charge is 0.243 e. The third-order valence-corrected chi connectivity index (χ3v) is 8.36. The fourth-order valence-electron chi connectivity index (χ4n) is 4.36. The minimum Gasteiger partial charge on any atom is -0.454 e. The summed E-state index contributed by atoms with van der Waals surface area (Å²) in [6.07, 6.45) is 0. The lowest BCUT2D eigenvalue weighted by molar-refractivity contribution is -0.126. The molecule has 0 spiro atoms. The maximum absolute atomic E-state index is 13.2. The van der Waals surface area contributed by atoms with Gasteiger partial charge in [-0.1, -0.05) is 36.4 Å². The van der Waals surface area contributed by atoms with Crippen molar-refractivity contribution in [1.29, 1.82) is 0 Å². The number of carbonyl (C=O) groups excluding carboxylic acids is 1. The van der Waals surface area contributed by atoms with E-state index in [-0.39, 0.29) is 18.7 Å². The van der Waals surface area contributed by atoms with Crippen LogP contribution in [0.3, 0.4) is 0 Å². The van der Waals surface area contributed by atoms with Gasteiger partial charge in [-0.15, -0.1) is 0 Å². The predicted octanol–water partition coefficient (Wildman–Crippen LogP) is 2.58. The molecule has 1 fully saturated rings. The summed E-state index contributed by atoms with van der Waals surface area (Å²) in [5, 5.41) is 4.87. The van der Waals surface area contributed by atoms with E-state index in [0.29, 0.717) is 49.1 Å². The Hall–Kier alpha value is -3.14. The number of fused-ring (bicyclic) bond motifs is 2. The summed E-state index contributed by atoms with van der Waals surface area (Å²) < 4.78 is 38.6. The number of ether oxygens (including phenoxy) is 2. The molecule has 34 heavy (non-hydrogen) atoms. The highest BCUT2D eigenvalue weighted by Crippen LogP contribution is 2.32. The van der Waals surface area contributed by atoms with Gasteiger partial charge in [0.25, 0.3) is 0 Å². The molecule has 3 aromatic rings. The highest BCUT2D eigenvalue weighted by atomic mass is 32.2. The van der Waals surface area contributed by atoms with Crippen molar-refractivity contribution in [1.82, 2.24) is 14.5 Å². The molecule has 1 atom stereocenters. The molecular formula is C25H27N3O5S. The van der Waals surface area contributed by atoms with E-state index < -0.39 is 10.0 Å². The minimum absolute atomic E-state index is 0.0940. The lowest BCUT2D eigenvalue weighted by Crippen LogP contribution is -2.54. The zero-order valence-electron chi connectivity index (χ0n) is 18.9. The predicted molar refractivity (Wildman–Crippen MR) is 128 cm³/mol. The van der Waals surface area contributed by atoms with Crippen molar-refractivity contribution in [2.45, 2.75) is 24.4 Å². The summed E-state index contributed by atoms with van der Waals surface area (Å²) in [7, 11) is -3.59. The zero-order valence-corrected chi connectivity index (χ0v) is 19.8. The van der Waals surface area contributed by atoms with Crippen LogP contribution >= 0.6 is 0 Å². The maximum atomic E-state index is 13.2. The van der Waals surface area contributed by atoms with Gasteiger partial charge in [-0.3, -0.25) is 9.69 Å². The number of carbonyl (C=O) groups is 1. The maximum Gasteiger partial charge on any atom is 0.243 e. The Labute approximate surface area is 199 Å². The van der Waals surface area contributed by atoms with Crippen LogP contribution in [-0.4, -0.2) is 62.5 Å². The quantitative estimate of drug-likeness (QED) is 0.582. The number of benzene rings is 3. The molecule has 0 radical (unpaired) electrons. The van der Waals surface area contributed by atoms with Gasteiger partial charge in [0.15, 0.2) is 11.5 Å². The molecule has 9 heteroatoms. The Morgan fingerprint density at radius 1 is 0.941 bits per heavy atom. The second-order valence-electron chi connectivity index (χ2n) is 8.53. The molecule has 1 saturated heterocycles. The van der Waals surface area contributed by atoms with Gasteiger partial charge in [0.1, 0.15) is 0 Å². The van der Waals surface area contributed by atoms with E-state index in [4.69, 9.17) is 9.47 Å². The van der Waals surface area contributed by atoms with Crippen LogP contribution in [-0.2, 0) is 21.4 Å². The van der Waals surface area contributed by atoms with Gasteiger partial charge in [-0.2, -0.15) is 4.31 Å². The van der Waals surface area contributed by atoms with Crippen LogP contribution in [0.2, 0.25) is 0 Å². The first-order valence-corrected chi connectivity index (χ1v) is 12.7. The lowest BCUT2D eigenvalue weighted by Gasteiger charge is -2.36. The van der Waals surface area contributed by atoms with Crippen LogP contribution in [0, 0.1) is 0 Å². The second-order valence-corrected chi connectivity index (χ2v) is 10.5. The average Bonchev–Trinajstić information content (AvgIpc) is 3.34. The van der Waals surface area contributed by atoms with Crippen LogP contribution in [0.15, 0.2) is 65.6 Å². The molecule has 178 valence electrons. The topological polar surface area (TPSA) is 88.2 Å². The highest BCUT2D eigenvalue weighted by Gasteiger charge is 2.32. The fraction of sp³-hybridized carbons (Fsp3) is 0.320. The third-order valence-electron chi connectivity index (χ3n) is 6.46. The molecule has 0 saturated carbocycles. The largest absolute Gasteiger partial charge is 0.454 e. The summed E-state index contributed by atoms with van der Waals surface area (Å²) in [5.74, 6) is 1.30. The molecule has 2 aliphatic rings. The van der Waals surface area contributed by atoms with Gasteiger partial charge in [0, 0.05) is 32.7 Å². The Balaban J connectivity index is 1.17. The molecule has 0 aromatic heterocycles. The second kappa shape index (κ2) is 9.25. The number of nitrogens with zero attached hydrogens (tertiary/aromatic N) is 2. The van der Waals surface area contributed by atoms with E-state index in [0.717, 1.165) is 16.3 Å². The van der Waals surface area contributed by atoms with E-state index in [9.17, 15) is 13.2 Å². The van der Waals surface area contributed by atoms with Crippen LogP contribution in [0.25, 0.3) is 10.8 Å². The molecule has 2 aliphatic heterocycles. The van der Waals surface area contributed by atoms with Crippen molar-refractivity contribution in [3.05, 3.63) is 66.2 Å². The van der Waals surface area contributed by atoms with Crippen molar-refractivity contribution in [2.24, 2.45) is 0 Å². The highest BCUT2D eigenvalue weighted by molar-refractivity contribution is 7.89. The van der Waals surface area contributed by atoms with Crippen LogP contribution < -0.4 is 14.8 Å². The van der Waals surface area contributed by atoms with E-state index in [2.05, 4.69) is 5.32 Å². The standard InChI is InChI=1S/C25H27N3O5S/c1-18(25(29)26-16-19-6-9-23-24(14-19)33-17-32-23)27-10-12-28(13-11-27)34(30,31)22-8-7-20-4-2-3-5-21(20)15-22/h2-9,14-15,18H,10-13,16-17H2,1H3,(H,26,29)/t18-/m1/s1. The summed E-state index contributed by atoms with van der Waals surface area (Å²) >= 11 is 0. The number of hydrogen-bond acceptors (Lipinski definition) is 6. The Kier molecular flexibility index (Phi) is 6.16. The van der Waals surface area contributed by atoms with Gasteiger partial charge < -0.3 is 14.8 Å². The first-order chi connectivity index (χ1) is 16.4. The molecule has 3 aromatic carbocycles. The SMILES string of the molecule is C[C@H](C(=O)NCc1ccc2c(c1)OCO2)N1CCN(S(=O)(=O)c2ccc3ccccc3c2)CC1. The van der Waals surface area contributed by atoms with Crippen molar-refractivity contribution < 1.29 is 22.7 Å². The third kappa shape index (κ3) is 4.46. The summed E-state index contributed by atoms with van der Waals surface area (Å²) in [5.41, 5.74) is 0.927. The molecular weight excluding hydrogens is 454 g/mol. The normalized spacial score (nSPS) is 17.6. The van der Waals surface area contributed by atoms with Gasteiger partial charge in [-0.25, -0.2) is 8.42 Å². The molecule has 2 heterocycles. The van der Waals surface area contributed by atoms with Crippen molar-refractivity contribution in [3.63, 3.8) is 0 Å². The van der Waals surface area contributed by atoms with Crippen molar-refractivity contribution in [3.8, 4) is 11.5 Å². The summed E-state index contributed by atoms with van der Waals surface area (Å²) in [6, 6.07) is 18.2. The molecule has 8 nitrogen and oxygen atoms in total.